The Bertz CT molecular complexity index is 1100. The summed E-state index contributed by atoms with van der Waals surface area (Å²) in [6, 6.07) is 7.53. The molecule has 1 aliphatic rings. The lowest BCUT2D eigenvalue weighted by Crippen LogP contribution is -2.30. The molecule has 0 amide bonds. The topological polar surface area (TPSA) is 41.3 Å². The zero-order chi connectivity index (χ0) is 22.3. The summed E-state index contributed by atoms with van der Waals surface area (Å²) in [6.07, 6.45) is 4.12. The summed E-state index contributed by atoms with van der Waals surface area (Å²) in [4.78, 5) is 7.11. The standard InChI is InChI=1S/C24H28Cl3N3O/c1-4-9-24(31,10-5-2)17-7-8-18(26)20-22(17)30-12-6-11-29(23(30)28-20)21-15(3)13-16(25)14-19(21)27/h7-8,13-14,31H,4-6,9-12H2,1-3H3. The van der Waals surface area contributed by atoms with Crippen LogP contribution in [0.15, 0.2) is 24.3 Å². The van der Waals surface area contributed by atoms with E-state index in [0.717, 1.165) is 66.1 Å². The van der Waals surface area contributed by atoms with Crippen LogP contribution in [0.5, 0.6) is 0 Å². The Morgan fingerprint density at radius 3 is 2.39 bits per heavy atom. The van der Waals surface area contributed by atoms with E-state index in [1.807, 2.05) is 25.1 Å². The number of aromatic nitrogens is 2. The van der Waals surface area contributed by atoms with E-state index in [-0.39, 0.29) is 0 Å². The minimum atomic E-state index is -0.904. The van der Waals surface area contributed by atoms with Crippen molar-refractivity contribution in [3.63, 3.8) is 0 Å². The van der Waals surface area contributed by atoms with Crippen LogP contribution >= 0.6 is 34.8 Å². The maximum atomic E-state index is 11.7. The lowest BCUT2D eigenvalue weighted by atomic mass is 9.84. The monoisotopic (exact) mass is 479 g/mol. The molecular weight excluding hydrogens is 453 g/mol. The van der Waals surface area contributed by atoms with E-state index < -0.39 is 5.60 Å². The van der Waals surface area contributed by atoms with Crippen LogP contribution in [0, 0.1) is 6.92 Å². The van der Waals surface area contributed by atoms with Crippen LogP contribution in [0.1, 0.15) is 57.1 Å². The summed E-state index contributed by atoms with van der Waals surface area (Å²) in [5, 5.41) is 13.5. The lowest BCUT2D eigenvalue weighted by Gasteiger charge is -2.33. The van der Waals surface area contributed by atoms with Gasteiger partial charge in [-0.2, -0.15) is 0 Å². The SMILES string of the molecule is CCCC(O)(CCC)c1ccc(Cl)c2nc3n(c12)CCCN3c1c(C)cc(Cl)cc1Cl. The number of hydrogen-bond acceptors (Lipinski definition) is 3. The van der Waals surface area contributed by atoms with Gasteiger partial charge in [0.1, 0.15) is 5.52 Å². The van der Waals surface area contributed by atoms with Crippen molar-refractivity contribution < 1.29 is 5.11 Å². The number of halogens is 3. The first-order valence-electron chi connectivity index (χ1n) is 11.0. The molecule has 0 bridgehead atoms. The highest BCUT2D eigenvalue weighted by Crippen LogP contribution is 2.44. The Balaban J connectivity index is 1.96. The molecule has 1 N–H and O–H groups in total. The average molecular weight is 481 g/mol. The summed E-state index contributed by atoms with van der Waals surface area (Å²) in [6.45, 7) is 7.83. The van der Waals surface area contributed by atoms with Crippen molar-refractivity contribution in [2.24, 2.45) is 0 Å². The first-order valence-corrected chi connectivity index (χ1v) is 12.1. The molecule has 0 atom stereocenters. The van der Waals surface area contributed by atoms with E-state index >= 15 is 0 Å². The molecule has 4 nitrogen and oxygen atoms in total. The molecule has 0 radical (unpaired) electrons. The fraction of sp³-hybridized carbons (Fsp3) is 0.458. The molecule has 0 aliphatic carbocycles. The third-order valence-corrected chi connectivity index (χ3v) is 6.96. The van der Waals surface area contributed by atoms with Gasteiger partial charge in [0.05, 0.1) is 26.9 Å². The average Bonchev–Trinajstić information content (AvgIpc) is 3.09. The number of fused-ring (bicyclic) bond motifs is 3. The summed E-state index contributed by atoms with van der Waals surface area (Å²) in [5.74, 6) is 0.804. The van der Waals surface area contributed by atoms with E-state index in [1.54, 1.807) is 6.07 Å². The van der Waals surface area contributed by atoms with Crippen LogP contribution in [-0.4, -0.2) is 21.2 Å². The van der Waals surface area contributed by atoms with Crippen molar-refractivity contribution in [3.8, 4) is 0 Å². The predicted octanol–water partition coefficient (Wildman–Crippen LogP) is 7.63. The van der Waals surface area contributed by atoms with Gasteiger partial charge in [-0.15, -0.1) is 0 Å². The van der Waals surface area contributed by atoms with Gasteiger partial charge in [0, 0.05) is 23.7 Å². The number of aryl methyl sites for hydroxylation is 2. The Labute approximate surface area is 198 Å². The highest BCUT2D eigenvalue weighted by atomic mass is 35.5. The van der Waals surface area contributed by atoms with Crippen molar-refractivity contribution in [2.75, 3.05) is 11.4 Å². The minimum Gasteiger partial charge on any atom is -0.385 e. The second-order valence-electron chi connectivity index (χ2n) is 8.45. The van der Waals surface area contributed by atoms with Gasteiger partial charge in [-0.1, -0.05) is 67.6 Å². The van der Waals surface area contributed by atoms with E-state index in [9.17, 15) is 5.11 Å². The Kier molecular flexibility index (Phi) is 6.47. The fourth-order valence-corrected chi connectivity index (χ4v) is 5.84. The normalized spacial score (nSPS) is 14.4. The Morgan fingerprint density at radius 2 is 1.74 bits per heavy atom. The molecule has 4 rings (SSSR count). The molecule has 2 heterocycles. The maximum absolute atomic E-state index is 11.7. The van der Waals surface area contributed by atoms with E-state index in [4.69, 9.17) is 39.8 Å². The van der Waals surface area contributed by atoms with Crippen molar-refractivity contribution in [1.82, 2.24) is 9.55 Å². The third kappa shape index (κ3) is 3.93. The summed E-state index contributed by atoms with van der Waals surface area (Å²) in [5.41, 5.74) is 3.58. The van der Waals surface area contributed by atoms with Crippen molar-refractivity contribution in [3.05, 3.63) is 50.5 Å². The lowest BCUT2D eigenvalue weighted by molar-refractivity contribution is 0.0181. The molecule has 1 aromatic heterocycles. The number of hydrogen-bond donors (Lipinski definition) is 1. The van der Waals surface area contributed by atoms with E-state index in [2.05, 4.69) is 23.3 Å². The van der Waals surface area contributed by atoms with E-state index in [1.165, 1.54) is 0 Å². The molecule has 0 saturated heterocycles. The molecule has 0 spiro atoms. The molecular formula is C24H28Cl3N3O. The number of nitrogens with zero attached hydrogens (tertiary/aromatic N) is 3. The molecule has 3 aromatic rings. The van der Waals surface area contributed by atoms with Gasteiger partial charge < -0.3 is 14.6 Å². The molecule has 0 unspecified atom stereocenters. The van der Waals surface area contributed by atoms with Crippen molar-refractivity contribution in [1.29, 1.82) is 0 Å². The first kappa shape index (κ1) is 22.7. The van der Waals surface area contributed by atoms with Gasteiger partial charge in [0.25, 0.3) is 0 Å². The van der Waals surface area contributed by atoms with Crippen molar-refractivity contribution in [2.45, 2.75) is 65.0 Å². The Hall–Kier alpha value is -1.46. The largest absolute Gasteiger partial charge is 0.385 e. The van der Waals surface area contributed by atoms with Crippen LogP contribution < -0.4 is 4.90 Å². The van der Waals surface area contributed by atoms with E-state index in [0.29, 0.717) is 27.9 Å². The first-order chi connectivity index (χ1) is 14.8. The Morgan fingerprint density at radius 1 is 1.03 bits per heavy atom. The highest BCUT2D eigenvalue weighted by molar-refractivity contribution is 6.37. The maximum Gasteiger partial charge on any atom is 0.211 e. The quantitative estimate of drug-likeness (QED) is 0.394. The number of imidazole rings is 1. The second-order valence-corrected chi connectivity index (χ2v) is 9.70. The van der Waals surface area contributed by atoms with Gasteiger partial charge in [-0.25, -0.2) is 4.98 Å². The summed E-state index contributed by atoms with van der Waals surface area (Å²) >= 11 is 19.4. The van der Waals surface area contributed by atoms with Crippen LogP contribution in [0.4, 0.5) is 11.6 Å². The molecule has 166 valence electrons. The zero-order valence-corrected chi connectivity index (χ0v) is 20.4. The minimum absolute atomic E-state index is 0.592. The molecule has 31 heavy (non-hydrogen) atoms. The fourth-order valence-electron chi connectivity index (χ4n) is 4.95. The van der Waals surface area contributed by atoms with Crippen LogP contribution in [0.25, 0.3) is 11.0 Å². The molecule has 0 saturated carbocycles. The number of rotatable bonds is 6. The molecule has 1 aliphatic heterocycles. The summed E-state index contributed by atoms with van der Waals surface area (Å²) < 4.78 is 2.20. The van der Waals surface area contributed by atoms with Crippen molar-refractivity contribution >= 4 is 57.5 Å². The highest BCUT2D eigenvalue weighted by Gasteiger charge is 2.34. The summed E-state index contributed by atoms with van der Waals surface area (Å²) in [7, 11) is 0. The van der Waals surface area contributed by atoms with Gasteiger partial charge >= 0.3 is 0 Å². The smallest absolute Gasteiger partial charge is 0.211 e. The third-order valence-electron chi connectivity index (χ3n) is 6.15. The second kappa shape index (κ2) is 8.82. The predicted molar refractivity (Wildman–Crippen MR) is 131 cm³/mol. The molecule has 0 fully saturated rings. The van der Waals surface area contributed by atoms with Crippen LogP contribution in [0.2, 0.25) is 15.1 Å². The van der Waals surface area contributed by atoms with Gasteiger partial charge in [-0.3, -0.25) is 0 Å². The number of aliphatic hydroxyl groups is 1. The van der Waals surface area contributed by atoms with Gasteiger partial charge in [0.15, 0.2) is 0 Å². The van der Waals surface area contributed by atoms with Crippen LogP contribution in [-0.2, 0) is 12.1 Å². The molecule has 2 aromatic carbocycles. The van der Waals surface area contributed by atoms with Crippen LogP contribution in [0.3, 0.4) is 0 Å². The number of benzene rings is 2. The van der Waals surface area contributed by atoms with Gasteiger partial charge in [0.2, 0.25) is 5.95 Å². The zero-order valence-electron chi connectivity index (χ0n) is 18.2. The number of anilines is 2. The van der Waals surface area contributed by atoms with Gasteiger partial charge in [-0.05, 0) is 49.9 Å². The molecule has 7 heteroatoms.